The minimum absolute atomic E-state index is 0.0723. The molecule has 0 unspecified atom stereocenters. The van der Waals surface area contributed by atoms with E-state index in [2.05, 4.69) is 0 Å². The predicted octanol–water partition coefficient (Wildman–Crippen LogP) is 0.390. The van der Waals surface area contributed by atoms with Crippen molar-refractivity contribution in [3.05, 3.63) is 0 Å². The molecule has 0 aromatic rings. The maximum absolute atomic E-state index is 11.0. The monoisotopic (exact) mass is 274 g/mol. The maximum Gasteiger partial charge on any atom is 0.303 e. The topological polar surface area (TPSA) is 96.0 Å². The maximum atomic E-state index is 11.0. The summed E-state index contributed by atoms with van der Waals surface area (Å²) in [4.78, 5) is 43.4. The molecule has 0 fully saturated rings. The molecule has 0 saturated heterocycles. The summed E-state index contributed by atoms with van der Waals surface area (Å²) >= 11 is 0. The number of ether oxygens (including phenoxy) is 3. The minimum atomic E-state index is -1.06. The van der Waals surface area contributed by atoms with Gasteiger partial charge in [0, 0.05) is 27.2 Å². The van der Waals surface area contributed by atoms with E-state index in [0.717, 1.165) is 6.92 Å². The Kier molecular flexibility index (Phi) is 7.40. The van der Waals surface area contributed by atoms with Crippen LogP contribution in [0.2, 0.25) is 0 Å². The van der Waals surface area contributed by atoms with Gasteiger partial charge in [0.25, 0.3) is 0 Å². The summed E-state index contributed by atoms with van der Waals surface area (Å²) in [7, 11) is 0. The Morgan fingerprint density at radius 3 is 1.79 bits per heavy atom. The van der Waals surface area contributed by atoms with E-state index < -0.39 is 36.2 Å². The highest BCUT2D eigenvalue weighted by Crippen LogP contribution is 2.13. The molecule has 108 valence electrons. The number of aldehydes is 1. The van der Waals surface area contributed by atoms with Gasteiger partial charge in [0.1, 0.15) is 12.2 Å². The van der Waals surface area contributed by atoms with Gasteiger partial charge in [0.15, 0.2) is 12.4 Å². The van der Waals surface area contributed by atoms with Gasteiger partial charge in [-0.3, -0.25) is 19.2 Å². The van der Waals surface area contributed by atoms with E-state index in [9.17, 15) is 19.2 Å². The van der Waals surface area contributed by atoms with Crippen molar-refractivity contribution in [2.45, 2.75) is 52.4 Å². The summed E-state index contributed by atoms with van der Waals surface area (Å²) in [5.74, 6) is -1.75. The molecule has 0 saturated carbocycles. The summed E-state index contributed by atoms with van der Waals surface area (Å²) in [6.07, 6.45) is -2.31. The lowest BCUT2D eigenvalue weighted by molar-refractivity contribution is -0.168. The molecule has 3 atom stereocenters. The lowest BCUT2D eigenvalue weighted by Crippen LogP contribution is -2.36. The highest BCUT2D eigenvalue weighted by atomic mass is 16.6. The molecular weight excluding hydrogens is 256 g/mol. The van der Waals surface area contributed by atoms with Gasteiger partial charge in [-0.05, 0) is 6.92 Å². The fraction of sp³-hybridized carbons (Fsp3) is 0.667. The Labute approximate surface area is 111 Å². The molecule has 0 aliphatic carbocycles. The number of rotatable bonds is 7. The number of carbonyl (C=O) groups excluding carboxylic acids is 4. The zero-order valence-corrected chi connectivity index (χ0v) is 11.4. The van der Waals surface area contributed by atoms with Crippen LogP contribution in [0.4, 0.5) is 0 Å². The van der Waals surface area contributed by atoms with Crippen molar-refractivity contribution in [2.75, 3.05) is 0 Å². The molecule has 7 heteroatoms. The van der Waals surface area contributed by atoms with Crippen LogP contribution in [0.15, 0.2) is 0 Å². The van der Waals surface area contributed by atoms with Crippen LogP contribution in [-0.4, -0.2) is 42.5 Å². The number of carbonyl (C=O) groups is 4. The van der Waals surface area contributed by atoms with Crippen LogP contribution in [0.5, 0.6) is 0 Å². The molecule has 0 bridgehead atoms. The van der Waals surface area contributed by atoms with Crippen LogP contribution in [-0.2, 0) is 33.4 Å². The van der Waals surface area contributed by atoms with Crippen LogP contribution < -0.4 is 0 Å². The van der Waals surface area contributed by atoms with Crippen molar-refractivity contribution in [3.8, 4) is 0 Å². The van der Waals surface area contributed by atoms with Crippen LogP contribution in [0.1, 0.15) is 34.1 Å². The molecule has 0 N–H and O–H groups in total. The largest absolute Gasteiger partial charge is 0.459 e. The summed E-state index contributed by atoms with van der Waals surface area (Å²) in [5, 5.41) is 0. The number of hydrogen-bond acceptors (Lipinski definition) is 7. The highest BCUT2D eigenvalue weighted by Gasteiger charge is 2.27. The first kappa shape index (κ1) is 17.1. The number of hydrogen-bond donors (Lipinski definition) is 0. The summed E-state index contributed by atoms with van der Waals surface area (Å²) in [5.41, 5.74) is 0. The van der Waals surface area contributed by atoms with E-state index in [-0.39, 0.29) is 6.42 Å². The first-order valence-corrected chi connectivity index (χ1v) is 5.73. The standard InChI is InChI=1S/C12H18O7/c1-7(17-8(2)14)12(19-10(4)16)5-11(6-13)18-9(3)15/h6-7,11-12H,5H2,1-4H3/t7-,11-,12+/m1/s1. The van der Waals surface area contributed by atoms with Gasteiger partial charge in [-0.25, -0.2) is 0 Å². The normalized spacial score (nSPS) is 14.7. The van der Waals surface area contributed by atoms with E-state index in [4.69, 9.17) is 14.2 Å². The third-order valence-corrected chi connectivity index (χ3v) is 2.13. The van der Waals surface area contributed by atoms with E-state index in [1.54, 1.807) is 0 Å². The molecule has 0 aromatic heterocycles. The van der Waals surface area contributed by atoms with Crippen LogP contribution in [0.25, 0.3) is 0 Å². The Balaban J connectivity index is 4.72. The Morgan fingerprint density at radius 1 is 0.947 bits per heavy atom. The molecule has 0 amide bonds. The summed E-state index contributed by atoms with van der Waals surface area (Å²) < 4.78 is 14.6. The smallest absolute Gasteiger partial charge is 0.303 e. The van der Waals surface area contributed by atoms with Crippen molar-refractivity contribution in [1.82, 2.24) is 0 Å². The van der Waals surface area contributed by atoms with Crippen LogP contribution in [0.3, 0.4) is 0 Å². The predicted molar refractivity (Wildman–Crippen MR) is 63.0 cm³/mol. The number of esters is 3. The van der Waals surface area contributed by atoms with Gasteiger partial charge in [0.05, 0.1) is 0 Å². The van der Waals surface area contributed by atoms with Gasteiger partial charge in [-0.2, -0.15) is 0 Å². The highest BCUT2D eigenvalue weighted by molar-refractivity contribution is 5.70. The van der Waals surface area contributed by atoms with Crippen molar-refractivity contribution in [2.24, 2.45) is 0 Å². The SMILES string of the molecule is CC(=O)O[C@@H](C[C@H](C=O)OC(C)=O)[C@@H](C)OC(C)=O. The van der Waals surface area contributed by atoms with Crippen LogP contribution >= 0.6 is 0 Å². The zero-order chi connectivity index (χ0) is 15.0. The second-order valence-corrected chi connectivity index (χ2v) is 3.98. The molecule has 0 heterocycles. The molecule has 0 aromatic carbocycles. The van der Waals surface area contributed by atoms with E-state index >= 15 is 0 Å². The Morgan fingerprint density at radius 2 is 1.42 bits per heavy atom. The zero-order valence-electron chi connectivity index (χ0n) is 11.4. The average Bonchev–Trinajstić information content (AvgIpc) is 2.24. The molecule has 0 aliphatic rings. The van der Waals surface area contributed by atoms with Gasteiger partial charge in [0.2, 0.25) is 0 Å². The summed E-state index contributed by atoms with van der Waals surface area (Å²) in [6.45, 7) is 5.08. The second-order valence-electron chi connectivity index (χ2n) is 3.98. The molecule has 0 aliphatic heterocycles. The van der Waals surface area contributed by atoms with Crippen molar-refractivity contribution >= 4 is 24.2 Å². The second kappa shape index (κ2) is 8.23. The fourth-order valence-corrected chi connectivity index (χ4v) is 1.46. The van der Waals surface area contributed by atoms with Gasteiger partial charge in [-0.15, -0.1) is 0 Å². The molecule has 7 nitrogen and oxygen atoms in total. The van der Waals surface area contributed by atoms with E-state index in [1.807, 2.05) is 0 Å². The lowest BCUT2D eigenvalue weighted by Gasteiger charge is -2.25. The third-order valence-electron chi connectivity index (χ3n) is 2.13. The first-order chi connectivity index (χ1) is 8.76. The lowest BCUT2D eigenvalue weighted by atomic mass is 10.1. The van der Waals surface area contributed by atoms with Gasteiger partial charge < -0.3 is 14.2 Å². The van der Waals surface area contributed by atoms with Gasteiger partial charge in [-0.1, -0.05) is 0 Å². The van der Waals surface area contributed by atoms with E-state index in [1.165, 1.54) is 20.8 Å². The molecular formula is C12H18O7. The molecule has 0 rings (SSSR count). The van der Waals surface area contributed by atoms with Gasteiger partial charge >= 0.3 is 17.9 Å². The van der Waals surface area contributed by atoms with Crippen molar-refractivity contribution in [3.63, 3.8) is 0 Å². The van der Waals surface area contributed by atoms with Crippen molar-refractivity contribution < 1.29 is 33.4 Å². The Hall–Kier alpha value is -1.92. The first-order valence-electron chi connectivity index (χ1n) is 5.73. The molecule has 19 heavy (non-hydrogen) atoms. The third kappa shape index (κ3) is 7.91. The van der Waals surface area contributed by atoms with Crippen LogP contribution in [0, 0.1) is 0 Å². The Bertz CT molecular complexity index is 350. The average molecular weight is 274 g/mol. The quantitative estimate of drug-likeness (QED) is 0.376. The molecule has 0 spiro atoms. The summed E-state index contributed by atoms with van der Waals surface area (Å²) in [6, 6.07) is 0. The van der Waals surface area contributed by atoms with E-state index in [0.29, 0.717) is 6.29 Å². The van der Waals surface area contributed by atoms with Crippen molar-refractivity contribution in [1.29, 1.82) is 0 Å². The minimum Gasteiger partial charge on any atom is -0.459 e. The fourth-order valence-electron chi connectivity index (χ4n) is 1.46. The molecule has 0 radical (unpaired) electrons.